The lowest BCUT2D eigenvalue weighted by molar-refractivity contribution is 0.210. The summed E-state index contributed by atoms with van der Waals surface area (Å²) in [7, 11) is 1.64. The van der Waals surface area contributed by atoms with Gasteiger partial charge in [0.1, 0.15) is 11.6 Å². The SMILES string of the molecule is COCCNc1ccc(-c2nc(-c3cccc(F)c3)no2)cn1. The second kappa shape index (κ2) is 6.97. The van der Waals surface area contributed by atoms with Gasteiger partial charge < -0.3 is 14.6 Å². The quantitative estimate of drug-likeness (QED) is 0.705. The molecule has 0 aliphatic rings. The first-order chi connectivity index (χ1) is 11.3. The number of rotatable bonds is 6. The van der Waals surface area contributed by atoms with Gasteiger partial charge in [-0.05, 0) is 24.3 Å². The van der Waals surface area contributed by atoms with E-state index in [0.29, 0.717) is 36.0 Å². The molecular formula is C16H15FN4O2. The van der Waals surface area contributed by atoms with Crippen molar-refractivity contribution in [1.29, 1.82) is 0 Å². The van der Waals surface area contributed by atoms with Crippen molar-refractivity contribution >= 4 is 5.82 Å². The molecule has 23 heavy (non-hydrogen) atoms. The molecule has 6 nitrogen and oxygen atoms in total. The molecule has 0 saturated heterocycles. The first kappa shape index (κ1) is 15.1. The number of anilines is 1. The number of aromatic nitrogens is 3. The molecule has 0 saturated carbocycles. The maximum absolute atomic E-state index is 13.2. The van der Waals surface area contributed by atoms with Crippen molar-refractivity contribution < 1.29 is 13.7 Å². The van der Waals surface area contributed by atoms with E-state index in [0.717, 1.165) is 5.82 Å². The van der Waals surface area contributed by atoms with Gasteiger partial charge in [-0.2, -0.15) is 4.98 Å². The van der Waals surface area contributed by atoms with Crippen LogP contribution in [0.4, 0.5) is 10.2 Å². The van der Waals surface area contributed by atoms with Crippen LogP contribution in [0.15, 0.2) is 47.1 Å². The van der Waals surface area contributed by atoms with Crippen molar-refractivity contribution in [2.45, 2.75) is 0 Å². The molecule has 3 aromatic rings. The molecule has 118 valence electrons. The third-order valence-electron chi connectivity index (χ3n) is 3.13. The molecule has 0 aliphatic heterocycles. The van der Waals surface area contributed by atoms with Crippen molar-refractivity contribution in [3.05, 3.63) is 48.4 Å². The van der Waals surface area contributed by atoms with E-state index >= 15 is 0 Å². The molecule has 0 aliphatic carbocycles. The monoisotopic (exact) mass is 314 g/mol. The highest BCUT2D eigenvalue weighted by atomic mass is 19.1. The van der Waals surface area contributed by atoms with Crippen LogP contribution < -0.4 is 5.32 Å². The van der Waals surface area contributed by atoms with E-state index in [4.69, 9.17) is 9.26 Å². The Morgan fingerprint density at radius 2 is 2.13 bits per heavy atom. The molecular weight excluding hydrogens is 299 g/mol. The number of hydrogen-bond acceptors (Lipinski definition) is 6. The predicted octanol–water partition coefficient (Wildman–Crippen LogP) is 3.00. The molecule has 1 aromatic carbocycles. The van der Waals surface area contributed by atoms with Crippen LogP contribution in [-0.2, 0) is 4.74 Å². The molecule has 2 aromatic heterocycles. The zero-order valence-electron chi connectivity index (χ0n) is 12.5. The van der Waals surface area contributed by atoms with Crippen LogP contribution in [-0.4, -0.2) is 35.4 Å². The van der Waals surface area contributed by atoms with Crippen molar-refractivity contribution in [3.8, 4) is 22.8 Å². The summed E-state index contributed by atoms with van der Waals surface area (Å²) in [5.41, 5.74) is 1.25. The largest absolute Gasteiger partial charge is 0.383 e. The number of nitrogens with one attached hydrogen (secondary N) is 1. The zero-order chi connectivity index (χ0) is 16.1. The third kappa shape index (κ3) is 3.70. The number of pyridine rings is 1. The summed E-state index contributed by atoms with van der Waals surface area (Å²) >= 11 is 0. The lowest BCUT2D eigenvalue weighted by Gasteiger charge is -2.04. The molecule has 0 unspecified atom stereocenters. The fourth-order valence-corrected chi connectivity index (χ4v) is 1.99. The molecule has 0 bridgehead atoms. The van der Waals surface area contributed by atoms with E-state index in [1.807, 2.05) is 12.1 Å². The van der Waals surface area contributed by atoms with E-state index in [-0.39, 0.29) is 5.82 Å². The Hall–Kier alpha value is -2.80. The van der Waals surface area contributed by atoms with E-state index in [1.165, 1.54) is 12.1 Å². The summed E-state index contributed by atoms with van der Waals surface area (Å²) in [5.74, 6) is 1.06. The minimum absolute atomic E-state index is 0.334. The predicted molar refractivity (Wildman–Crippen MR) is 83.3 cm³/mol. The van der Waals surface area contributed by atoms with Gasteiger partial charge in [0.2, 0.25) is 5.82 Å². The highest BCUT2D eigenvalue weighted by Crippen LogP contribution is 2.22. The second-order valence-corrected chi connectivity index (χ2v) is 4.79. The number of methoxy groups -OCH3 is 1. The van der Waals surface area contributed by atoms with Crippen LogP contribution in [0.3, 0.4) is 0 Å². The minimum Gasteiger partial charge on any atom is -0.383 e. The van der Waals surface area contributed by atoms with Crippen molar-refractivity contribution in [1.82, 2.24) is 15.1 Å². The van der Waals surface area contributed by atoms with Crippen LogP contribution in [0.2, 0.25) is 0 Å². The number of halogens is 1. The Morgan fingerprint density at radius 3 is 2.87 bits per heavy atom. The van der Waals surface area contributed by atoms with Crippen LogP contribution in [0.1, 0.15) is 0 Å². The average Bonchev–Trinajstić information content (AvgIpc) is 3.06. The lowest BCUT2D eigenvalue weighted by atomic mass is 10.2. The highest BCUT2D eigenvalue weighted by Gasteiger charge is 2.11. The molecule has 0 amide bonds. The fraction of sp³-hybridized carbons (Fsp3) is 0.188. The Morgan fingerprint density at radius 1 is 1.22 bits per heavy atom. The van der Waals surface area contributed by atoms with Gasteiger partial charge in [0.25, 0.3) is 5.89 Å². The molecule has 1 N–H and O–H groups in total. The molecule has 0 fully saturated rings. The van der Waals surface area contributed by atoms with Gasteiger partial charge in [-0.1, -0.05) is 17.3 Å². The molecule has 0 radical (unpaired) electrons. The first-order valence-electron chi connectivity index (χ1n) is 7.05. The Labute approximate surface area is 132 Å². The normalized spacial score (nSPS) is 10.7. The fourth-order valence-electron chi connectivity index (χ4n) is 1.99. The average molecular weight is 314 g/mol. The highest BCUT2D eigenvalue weighted by molar-refractivity contribution is 5.60. The van der Waals surface area contributed by atoms with E-state index < -0.39 is 0 Å². The van der Waals surface area contributed by atoms with E-state index in [2.05, 4.69) is 20.4 Å². The van der Waals surface area contributed by atoms with Crippen LogP contribution in [0.5, 0.6) is 0 Å². The van der Waals surface area contributed by atoms with Gasteiger partial charge in [0.05, 0.1) is 12.2 Å². The maximum atomic E-state index is 13.2. The maximum Gasteiger partial charge on any atom is 0.259 e. The number of hydrogen-bond donors (Lipinski definition) is 1. The smallest absolute Gasteiger partial charge is 0.259 e. The lowest BCUT2D eigenvalue weighted by Crippen LogP contribution is -2.08. The Kier molecular flexibility index (Phi) is 4.58. The summed E-state index contributed by atoms with van der Waals surface area (Å²) in [6.45, 7) is 1.28. The Balaban J connectivity index is 1.75. The van der Waals surface area contributed by atoms with E-state index in [9.17, 15) is 4.39 Å². The molecule has 0 atom stereocenters. The summed E-state index contributed by atoms with van der Waals surface area (Å²) < 4.78 is 23.4. The molecule has 0 spiro atoms. The summed E-state index contributed by atoms with van der Waals surface area (Å²) in [5, 5.41) is 6.99. The van der Waals surface area contributed by atoms with Crippen LogP contribution in [0.25, 0.3) is 22.8 Å². The number of nitrogens with zero attached hydrogens (tertiary/aromatic N) is 3. The second-order valence-electron chi connectivity index (χ2n) is 4.79. The van der Waals surface area contributed by atoms with Gasteiger partial charge in [-0.25, -0.2) is 9.37 Å². The first-order valence-corrected chi connectivity index (χ1v) is 7.05. The molecule has 2 heterocycles. The number of benzene rings is 1. The van der Waals surface area contributed by atoms with Crippen LogP contribution >= 0.6 is 0 Å². The molecule has 3 rings (SSSR count). The zero-order valence-corrected chi connectivity index (χ0v) is 12.5. The van der Waals surface area contributed by atoms with Crippen molar-refractivity contribution in [2.75, 3.05) is 25.6 Å². The van der Waals surface area contributed by atoms with Gasteiger partial charge in [-0.3, -0.25) is 0 Å². The minimum atomic E-state index is -0.345. The van der Waals surface area contributed by atoms with Gasteiger partial charge >= 0.3 is 0 Å². The van der Waals surface area contributed by atoms with Gasteiger partial charge in [0, 0.05) is 25.4 Å². The van der Waals surface area contributed by atoms with Crippen molar-refractivity contribution in [3.63, 3.8) is 0 Å². The number of ether oxygens (including phenoxy) is 1. The van der Waals surface area contributed by atoms with Crippen molar-refractivity contribution in [2.24, 2.45) is 0 Å². The van der Waals surface area contributed by atoms with E-state index in [1.54, 1.807) is 25.4 Å². The summed E-state index contributed by atoms with van der Waals surface area (Å²) in [6.07, 6.45) is 1.64. The third-order valence-corrected chi connectivity index (χ3v) is 3.13. The Bertz CT molecular complexity index is 774. The van der Waals surface area contributed by atoms with Gasteiger partial charge in [0.15, 0.2) is 0 Å². The summed E-state index contributed by atoms with van der Waals surface area (Å²) in [4.78, 5) is 8.54. The summed E-state index contributed by atoms with van der Waals surface area (Å²) in [6, 6.07) is 9.68. The molecule has 7 heteroatoms. The van der Waals surface area contributed by atoms with Crippen LogP contribution in [0, 0.1) is 5.82 Å². The topological polar surface area (TPSA) is 73.1 Å². The van der Waals surface area contributed by atoms with Gasteiger partial charge in [-0.15, -0.1) is 0 Å². The standard InChI is InChI=1S/C16H15FN4O2/c1-22-8-7-18-14-6-5-12(10-19-14)16-20-15(21-23-16)11-3-2-4-13(17)9-11/h2-6,9-10H,7-8H2,1H3,(H,18,19).